The van der Waals surface area contributed by atoms with E-state index >= 15 is 0 Å². The van der Waals surface area contributed by atoms with Crippen LogP contribution in [0.3, 0.4) is 0 Å². The van der Waals surface area contributed by atoms with Gasteiger partial charge in [0, 0.05) is 37.9 Å². The van der Waals surface area contributed by atoms with Gasteiger partial charge in [-0.05, 0) is 22.3 Å². The number of hydrogen-bond acceptors (Lipinski definition) is 7. The number of aliphatic carboxylic acids is 1. The molecule has 2 aliphatic rings. The molecule has 0 saturated carbocycles. The van der Waals surface area contributed by atoms with Crippen LogP contribution in [0.25, 0.3) is 11.1 Å². The van der Waals surface area contributed by atoms with E-state index in [9.17, 15) is 19.5 Å². The maximum absolute atomic E-state index is 12.6. The fourth-order valence-electron chi connectivity index (χ4n) is 4.63. The van der Waals surface area contributed by atoms with Gasteiger partial charge in [0.2, 0.25) is 5.88 Å². The molecular formula is C25H23N3O7. The van der Waals surface area contributed by atoms with Gasteiger partial charge in [-0.15, -0.1) is 0 Å². The van der Waals surface area contributed by atoms with E-state index in [4.69, 9.17) is 14.4 Å². The third kappa shape index (κ3) is 4.24. The molecule has 3 aromatic rings. The molecule has 10 nitrogen and oxygen atoms in total. The Morgan fingerprint density at radius 3 is 2.26 bits per heavy atom. The van der Waals surface area contributed by atoms with Crippen molar-refractivity contribution < 1.29 is 33.9 Å². The topological polar surface area (TPSA) is 142 Å². The predicted octanol–water partition coefficient (Wildman–Crippen LogP) is 3.09. The zero-order valence-electron chi connectivity index (χ0n) is 18.6. The summed E-state index contributed by atoms with van der Waals surface area (Å²) in [6.45, 7) is 0.243. The second kappa shape index (κ2) is 8.88. The number of amides is 2. The molecule has 3 N–H and O–H groups in total. The second-order valence-electron chi connectivity index (χ2n) is 8.66. The highest BCUT2D eigenvalue weighted by Crippen LogP contribution is 2.44. The number of nitrogens with zero attached hydrogens (tertiary/aromatic N) is 2. The average molecular weight is 477 g/mol. The monoisotopic (exact) mass is 477 g/mol. The zero-order valence-corrected chi connectivity index (χ0v) is 18.6. The molecule has 2 amide bonds. The first-order valence-electron chi connectivity index (χ1n) is 11.2. The van der Waals surface area contributed by atoms with Crippen molar-refractivity contribution in [2.45, 2.75) is 24.4 Å². The van der Waals surface area contributed by atoms with Crippen molar-refractivity contribution in [3.05, 3.63) is 71.4 Å². The minimum atomic E-state index is -1.84. The molecule has 1 aromatic heterocycles. The molecule has 0 bridgehead atoms. The number of rotatable bonds is 5. The number of hydrogen-bond donors (Lipinski definition) is 3. The van der Waals surface area contributed by atoms with Gasteiger partial charge in [0.05, 0.1) is 0 Å². The molecule has 0 atom stereocenters. The zero-order chi connectivity index (χ0) is 24.6. The van der Waals surface area contributed by atoms with E-state index in [0.29, 0.717) is 0 Å². The first-order chi connectivity index (χ1) is 16.9. The van der Waals surface area contributed by atoms with Crippen LogP contribution in [0, 0.1) is 0 Å². The first kappa shape index (κ1) is 22.6. The number of fused-ring (bicyclic) bond motifs is 3. The van der Waals surface area contributed by atoms with Crippen molar-refractivity contribution in [2.24, 2.45) is 0 Å². The van der Waals surface area contributed by atoms with Crippen molar-refractivity contribution in [1.29, 1.82) is 0 Å². The van der Waals surface area contributed by atoms with E-state index in [2.05, 4.69) is 10.5 Å². The molecule has 0 unspecified atom stereocenters. The lowest BCUT2D eigenvalue weighted by atomic mass is 9.91. The summed E-state index contributed by atoms with van der Waals surface area (Å²) in [4.78, 5) is 37.6. The van der Waals surface area contributed by atoms with E-state index in [1.807, 2.05) is 48.5 Å². The van der Waals surface area contributed by atoms with Crippen molar-refractivity contribution in [2.75, 3.05) is 25.0 Å². The van der Waals surface area contributed by atoms with Crippen LogP contribution in [0.2, 0.25) is 0 Å². The lowest BCUT2D eigenvalue weighted by Crippen LogP contribution is -2.50. The number of carbonyl (C=O) groups excluding carboxylic acids is 2. The third-order valence-corrected chi connectivity index (χ3v) is 6.57. The Hall–Kier alpha value is -4.18. The largest absolute Gasteiger partial charge is 0.479 e. The third-order valence-electron chi connectivity index (χ3n) is 6.57. The number of anilines is 1. The molecule has 0 spiro atoms. The number of piperidine rings is 1. The maximum Gasteiger partial charge on any atom is 0.414 e. The number of carboxylic acid groups (broad SMARTS) is 1. The molecule has 1 aliphatic carbocycles. The van der Waals surface area contributed by atoms with E-state index in [1.54, 1.807) is 0 Å². The Balaban J connectivity index is 1.18. The summed E-state index contributed by atoms with van der Waals surface area (Å²) < 4.78 is 10.5. The summed E-state index contributed by atoms with van der Waals surface area (Å²) in [5, 5.41) is 25.3. The predicted molar refractivity (Wildman–Crippen MR) is 123 cm³/mol. The van der Waals surface area contributed by atoms with Crippen molar-refractivity contribution in [1.82, 2.24) is 10.1 Å². The van der Waals surface area contributed by atoms with Crippen LogP contribution in [0.1, 0.15) is 40.4 Å². The lowest BCUT2D eigenvalue weighted by Gasteiger charge is -2.34. The average Bonchev–Trinajstić information content (AvgIpc) is 3.45. The Bertz CT molecular complexity index is 1250. The number of likely N-dealkylation sites (tertiary alicyclic amines) is 1. The SMILES string of the molecule is O=C(Nc1cc(C(=O)N2CCC(O)(C(=O)O)CC2)no1)OCC1c2ccccc2-c2ccccc21. The Labute approximate surface area is 200 Å². The van der Waals surface area contributed by atoms with Crippen LogP contribution in [0.4, 0.5) is 10.7 Å². The fourth-order valence-corrected chi connectivity index (χ4v) is 4.63. The molecule has 1 aliphatic heterocycles. The summed E-state index contributed by atoms with van der Waals surface area (Å²) in [7, 11) is 0. The van der Waals surface area contributed by atoms with Gasteiger partial charge in [-0.3, -0.25) is 10.1 Å². The van der Waals surface area contributed by atoms with Gasteiger partial charge < -0.3 is 24.4 Å². The van der Waals surface area contributed by atoms with Crippen molar-refractivity contribution >= 4 is 23.9 Å². The van der Waals surface area contributed by atoms with E-state index < -0.39 is 23.6 Å². The number of nitrogens with one attached hydrogen (secondary N) is 1. The summed E-state index contributed by atoms with van der Waals surface area (Å²) in [5.41, 5.74) is 2.54. The molecule has 5 rings (SSSR count). The summed E-state index contributed by atoms with van der Waals surface area (Å²) in [6, 6.07) is 17.3. The van der Waals surface area contributed by atoms with Crippen molar-refractivity contribution in [3.63, 3.8) is 0 Å². The first-order valence-corrected chi connectivity index (χ1v) is 11.2. The number of benzene rings is 2. The Morgan fingerprint density at radius 1 is 1.06 bits per heavy atom. The fraction of sp³-hybridized carbons (Fsp3) is 0.280. The smallest absolute Gasteiger partial charge is 0.414 e. The van der Waals surface area contributed by atoms with E-state index in [-0.39, 0.29) is 50.0 Å². The van der Waals surface area contributed by atoms with Crippen molar-refractivity contribution in [3.8, 4) is 11.1 Å². The van der Waals surface area contributed by atoms with E-state index in [0.717, 1.165) is 22.3 Å². The van der Waals surface area contributed by atoms with E-state index in [1.165, 1.54) is 11.0 Å². The second-order valence-corrected chi connectivity index (χ2v) is 8.66. The normalized spacial score (nSPS) is 16.3. The molecule has 1 saturated heterocycles. The van der Waals surface area contributed by atoms with Gasteiger partial charge >= 0.3 is 12.1 Å². The highest BCUT2D eigenvalue weighted by Gasteiger charge is 2.41. The van der Waals surface area contributed by atoms with Gasteiger partial charge in [-0.25, -0.2) is 9.59 Å². The quantitative estimate of drug-likeness (QED) is 0.509. The molecule has 1 fully saturated rings. The Morgan fingerprint density at radius 2 is 1.66 bits per heavy atom. The molecular weight excluding hydrogens is 454 g/mol. The number of ether oxygens (including phenoxy) is 1. The number of carbonyl (C=O) groups is 3. The van der Waals surface area contributed by atoms with Gasteiger partial charge in [0.15, 0.2) is 11.3 Å². The van der Waals surface area contributed by atoms with Crippen LogP contribution in [0.5, 0.6) is 0 Å². The Kier molecular flexibility index (Phi) is 5.73. The van der Waals surface area contributed by atoms with Crippen LogP contribution >= 0.6 is 0 Å². The van der Waals surface area contributed by atoms with Gasteiger partial charge in [-0.2, -0.15) is 0 Å². The van der Waals surface area contributed by atoms with Gasteiger partial charge in [-0.1, -0.05) is 53.7 Å². The number of aliphatic hydroxyl groups is 1. The number of aromatic nitrogens is 1. The summed E-state index contributed by atoms with van der Waals surface area (Å²) in [5.74, 6) is -1.93. The minimum absolute atomic E-state index is 0.0419. The standard InChI is InChI=1S/C25H23N3O7/c29-22(28-11-9-25(33,10-12-28)23(30)31)20-13-21(35-27-20)26-24(32)34-14-19-17-7-3-1-5-15(17)16-6-2-4-8-18(16)19/h1-8,13,19,33H,9-12,14H2,(H,26,32)(H,30,31). The summed E-state index contributed by atoms with van der Waals surface area (Å²) in [6.07, 6.45) is -0.917. The van der Waals surface area contributed by atoms with Gasteiger partial charge in [0.25, 0.3) is 5.91 Å². The van der Waals surface area contributed by atoms with Crippen LogP contribution < -0.4 is 5.32 Å². The summed E-state index contributed by atoms with van der Waals surface area (Å²) >= 11 is 0. The maximum atomic E-state index is 12.6. The van der Waals surface area contributed by atoms with Crippen LogP contribution in [-0.2, 0) is 9.53 Å². The molecule has 10 heteroatoms. The lowest BCUT2D eigenvalue weighted by molar-refractivity contribution is -0.162. The highest BCUT2D eigenvalue weighted by atomic mass is 16.6. The molecule has 180 valence electrons. The minimum Gasteiger partial charge on any atom is -0.479 e. The molecule has 2 aromatic carbocycles. The molecule has 2 heterocycles. The van der Waals surface area contributed by atoms with Crippen LogP contribution in [0.15, 0.2) is 59.1 Å². The van der Waals surface area contributed by atoms with Crippen LogP contribution in [-0.4, -0.2) is 63.5 Å². The number of carboxylic acids is 1. The molecule has 35 heavy (non-hydrogen) atoms. The highest BCUT2D eigenvalue weighted by molar-refractivity contribution is 5.94. The van der Waals surface area contributed by atoms with Gasteiger partial charge in [0.1, 0.15) is 6.61 Å². The molecule has 0 radical (unpaired) electrons.